The Morgan fingerprint density at radius 3 is 2.68 bits per heavy atom. The van der Waals surface area contributed by atoms with Crippen molar-refractivity contribution in [1.29, 1.82) is 0 Å². The summed E-state index contributed by atoms with van der Waals surface area (Å²) in [6.45, 7) is 0.361. The summed E-state index contributed by atoms with van der Waals surface area (Å²) in [7, 11) is 2.98. The highest BCUT2D eigenvalue weighted by Crippen LogP contribution is 2.37. The fourth-order valence-electron chi connectivity index (χ4n) is 2.61. The lowest BCUT2D eigenvalue weighted by atomic mass is 9.94. The van der Waals surface area contributed by atoms with Gasteiger partial charge in [0.15, 0.2) is 11.9 Å². The SMILES string of the molecule is COC(OC)[C@@H]1OCC[C@]1(O)c1noc(-c2ccccc2)n1. The Labute approximate surface area is 127 Å². The summed E-state index contributed by atoms with van der Waals surface area (Å²) in [5, 5.41) is 14.9. The molecule has 3 rings (SSSR count). The number of hydrogen-bond donors (Lipinski definition) is 1. The molecule has 1 aliphatic rings. The van der Waals surface area contributed by atoms with Gasteiger partial charge in [-0.1, -0.05) is 23.4 Å². The maximum atomic E-state index is 10.9. The molecule has 1 aliphatic heterocycles. The van der Waals surface area contributed by atoms with Crippen molar-refractivity contribution in [3.63, 3.8) is 0 Å². The zero-order chi connectivity index (χ0) is 15.6. The molecule has 1 N–H and O–H groups in total. The van der Waals surface area contributed by atoms with Crippen molar-refractivity contribution in [3.8, 4) is 11.5 Å². The Morgan fingerprint density at radius 2 is 2.00 bits per heavy atom. The topological polar surface area (TPSA) is 86.8 Å². The molecule has 2 aromatic rings. The summed E-state index contributed by atoms with van der Waals surface area (Å²) >= 11 is 0. The molecule has 7 heteroatoms. The fraction of sp³-hybridized carbons (Fsp3) is 0.467. The molecule has 118 valence electrons. The van der Waals surface area contributed by atoms with Crippen molar-refractivity contribution in [1.82, 2.24) is 10.1 Å². The van der Waals surface area contributed by atoms with Crippen LogP contribution in [0, 0.1) is 0 Å². The normalized spacial score (nSPS) is 25.0. The quantitative estimate of drug-likeness (QED) is 0.834. The minimum Gasteiger partial charge on any atom is -0.379 e. The van der Waals surface area contributed by atoms with Gasteiger partial charge in [-0.05, 0) is 12.1 Å². The molecule has 1 fully saturated rings. The predicted molar refractivity (Wildman–Crippen MR) is 75.8 cm³/mol. The number of aromatic nitrogens is 2. The van der Waals surface area contributed by atoms with Gasteiger partial charge >= 0.3 is 0 Å². The first-order valence-electron chi connectivity index (χ1n) is 6.98. The van der Waals surface area contributed by atoms with Crippen molar-refractivity contribution >= 4 is 0 Å². The van der Waals surface area contributed by atoms with Gasteiger partial charge < -0.3 is 23.8 Å². The summed E-state index contributed by atoms with van der Waals surface area (Å²) in [5.74, 6) is 0.522. The molecule has 0 spiro atoms. The first kappa shape index (κ1) is 15.1. The molecule has 0 aliphatic carbocycles. The fourth-order valence-corrected chi connectivity index (χ4v) is 2.61. The lowest BCUT2D eigenvalue weighted by Gasteiger charge is -2.29. The molecule has 0 bridgehead atoms. The van der Waals surface area contributed by atoms with E-state index in [2.05, 4.69) is 10.1 Å². The van der Waals surface area contributed by atoms with E-state index in [4.69, 9.17) is 18.7 Å². The molecule has 2 heterocycles. The van der Waals surface area contributed by atoms with Crippen molar-refractivity contribution in [2.75, 3.05) is 20.8 Å². The Balaban J connectivity index is 1.91. The molecule has 0 unspecified atom stereocenters. The number of aliphatic hydroxyl groups is 1. The Morgan fingerprint density at radius 1 is 1.27 bits per heavy atom. The lowest BCUT2D eigenvalue weighted by Crippen LogP contribution is -2.45. The summed E-state index contributed by atoms with van der Waals surface area (Å²) in [4.78, 5) is 4.32. The van der Waals surface area contributed by atoms with Crippen molar-refractivity contribution in [2.45, 2.75) is 24.4 Å². The minimum absolute atomic E-state index is 0.174. The molecule has 0 radical (unpaired) electrons. The summed E-state index contributed by atoms with van der Waals surface area (Å²) in [6, 6.07) is 9.37. The Hall–Kier alpha value is -1.80. The molecular weight excluding hydrogens is 288 g/mol. The second-order valence-electron chi connectivity index (χ2n) is 5.09. The second-order valence-corrected chi connectivity index (χ2v) is 5.09. The molecule has 1 aromatic heterocycles. The van der Waals surface area contributed by atoms with Gasteiger partial charge in [0.1, 0.15) is 6.10 Å². The van der Waals surface area contributed by atoms with E-state index in [1.54, 1.807) is 0 Å². The van der Waals surface area contributed by atoms with Crippen LogP contribution >= 0.6 is 0 Å². The highest BCUT2D eigenvalue weighted by atomic mass is 16.7. The largest absolute Gasteiger partial charge is 0.379 e. The van der Waals surface area contributed by atoms with E-state index in [0.717, 1.165) is 5.56 Å². The molecule has 1 saturated heterocycles. The van der Waals surface area contributed by atoms with Crippen LogP contribution in [0.15, 0.2) is 34.9 Å². The van der Waals surface area contributed by atoms with Gasteiger partial charge in [0, 0.05) is 26.2 Å². The smallest absolute Gasteiger partial charge is 0.258 e. The van der Waals surface area contributed by atoms with Gasteiger partial charge in [0.25, 0.3) is 5.89 Å². The van der Waals surface area contributed by atoms with Crippen LogP contribution in [0.2, 0.25) is 0 Å². The summed E-state index contributed by atoms with van der Waals surface area (Å²) in [6.07, 6.45) is -1.09. The molecule has 2 atom stereocenters. The van der Waals surface area contributed by atoms with E-state index < -0.39 is 18.0 Å². The maximum Gasteiger partial charge on any atom is 0.258 e. The van der Waals surface area contributed by atoms with Gasteiger partial charge in [-0.3, -0.25) is 0 Å². The highest BCUT2D eigenvalue weighted by Gasteiger charge is 2.52. The van der Waals surface area contributed by atoms with E-state index in [-0.39, 0.29) is 5.82 Å². The summed E-state index contributed by atoms with van der Waals surface area (Å²) < 4.78 is 21.2. The maximum absolute atomic E-state index is 10.9. The first-order valence-corrected chi connectivity index (χ1v) is 6.98. The van der Waals surface area contributed by atoms with E-state index >= 15 is 0 Å². The van der Waals surface area contributed by atoms with Crippen LogP contribution in [0.25, 0.3) is 11.5 Å². The van der Waals surface area contributed by atoms with E-state index in [9.17, 15) is 5.11 Å². The van der Waals surface area contributed by atoms with Crippen molar-refractivity contribution in [2.24, 2.45) is 0 Å². The standard InChI is InChI=1S/C15H18N2O5/c1-19-13(20-2)11-15(18,8-9-21-11)14-16-12(22-17-14)10-6-4-3-5-7-10/h3-7,11,13,18H,8-9H2,1-2H3/t11-,15+/m0/s1. The third-order valence-electron chi connectivity index (χ3n) is 3.80. The monoisotopic (exact) mass is 306 g/mol. The van der Waals surface area contributed by atoms with Gasteiger partial charge in [-0.2, -0.15) is 4.98 Å². The van der Waals surface area contributed by atoms with Crippen LogP contribution < -0.4 is 0 Å². The predicted octanol–water partition coefficient (Wildman–Crippen LogP) is 1.33. The molecule has 22 heavy (non-hydrogen) atoms. The average Bonchev–Trinajstić information content (AvgIpc) is 3.18. The Kier molecular flexibility index (Phi) is 4.21. The van der Waals surface area contributed by atoms with E-state index in [1.165, 1.54) is 14.2 Å². The van der Waals surface area contributed by atoms with Gasteiger partial charge in [0.2, 0.25) is 5.82 Å². The van der Waals surface area contributed by atoms with Crippen LogP contribution in [-0.2, 0) is 19.8 Å². The number of benzene rings is 1. The minimum atomic E-state index is -1.41. The molecule has 0 saturated carbocycles. The van der Waals surface area contributed by atoms with Gasteiger partial charge in [0.05, 0.1) is 6.61 Å². The molecule has 1 aromatic carbocycles. The number of rotatable bonds is 5. The second kappa shape index (κ2) is 6.13. The number of hydrogen-bond acceptors (Lipinski definition) is 7. The van der Waals surface area contributed by atoms with Crippen LogP contribution in [0.1, 0.15) is 12.2 Å². The van der Waals surface area contributed by atoms with Crippen LogP contribution in [-0.4, -0.2) is 48.5 Å². The molecule has 7 nitrogen and oxygen atoms in total. The first-order chi connectivity index (χ1) is 10.7. The van der Waals surface area contributed by atoms with Gasteiger partial charge in [-0.15, -0.1) is 0 Å². The summed E-state index contributed by atoms with van der Waals surface area (Å²) in [5.41, 5.74) is -0.622. The van der Waals surface area contributed by atoms with Crippen molar-refractivity contribution in [3.05, 3.63) is 36.2 Å². The average molecular weight is 306 g/mol. The van der Waals surface area contributed by atoms with Crippen LogP contribution in [0.3, 0.4) is 0 Å². The highest BCUT2D eigenvalue weighted by molar-refractivity contribution is 5.52. The zero-order valence-corrected chi connectivity index (χ0v) is 12.4. The van der Waals surface area contributed by atoms with Crippen LogP contribution in [0.5, 0.6) is 0 Å². The third-order valence-corrected chi connectivity index (χ3v) is 3.80. The number of ether oxygens (including phenoxy) is 3. The molecule has 0 amide bonds. The lowest BCUT2D eigenvalue weighted by molar-refractivity contribution is -0.210. The van der Waals surface area contributed by atoms with E-state index in [0.29, 0.717) is 18.9 Å². The number of nitrogens with zero attached hydrogens (tertiary/aromatic N) is 2. The number of methoxy groups -OCH3 is 2. The zero-order valence-electron chi connectivity index (χ0n) is 12.4. The molecular formula is C15H18N2O5. The van der Waals surface area contributed by atoms with Gasteiger partial charge in [-0.25, -0.2) is 0 Å². The third kappa shape index (κ3) is 2.52. The van der Waals surface area contributed by atoms with Crippen molar-refractivity contribution < 1.29 is 23.8 Å². The Bertz CT molecular complexity index is 613. The van der Waals surface area contributed by atoms with E-state index in [1.807, 2.05) is 30.3 Å². The van der Waals surface area contributed by atoms with Crippen LogP contribution in [0.4, 0.5) is 0 Å².